The largest absolute Gasteiger partial charge is 0.279 e. The molecule has 6 heteroatoms. The molecular formula is C7H13N3O2S. The highest BCUT2D eigenvalue weighted by Crippen LogP contribution is 2.17. The Kier molecular flexibility index (Phi) is 3.25. The third kappa shape index (κ3) is 2.40. The van der Waals surface area contributed by atoms with E-state index in [1.807, 2.05) is 13.0 Å². The zero-order valence-electron chi connectivity index (χ0n) is 7.52. The topological polar surface area (TPSA) is 73.2 Å². The first-order chi connectivity index (χ1) is 6.10. The first-order valence-electron chi connectivity index (χ1n) is 4.24. The molecule has 5 nitrogen and oxygen atoms in total. The van der Waals surface area contributed by atoms with Gasteiger partial charge in [-0.3, -0.25) is 0 Å². The predicted octanol–water partition coefficient (Wildman–Crippen LogP) is -0.314. The van der Waals surface area contributed by atoms with Crippen LogP contribution in [0.5, 0.6) is 0 Å². The van der Waals surface area contributed by atoms with E-state index in [9.17, 15) is 8.42 Å². The van der Waals surface area contributed by atoms with Crippen LogP contribution in [0.2, 0.25) is 0 Å². The Hall–Kier alpha value is -0.640. The Morgan fingerprint density at radius 3 is 2.69 bits per heavy atom. The molecule has 13 heavy (non-hydrogen) atoms. The van der Waals surface area contributed by atoms with Crippen LogP contribution in [-0.2, 0) is 10.2 Å². The van der Waals surface area contributed by atoms with E-state index in [4.69, 9.17) is 5.26 Å². The quantitative estimate of drug-likeness (QED) is 0.681. The number of nitrogens with zero attached hydrogens (tertiary/aromatic N) is 2. The van der Waals surface area contributed by atoms with Crippen LogP contribution in [-0.4, -0.2) is 32.4 Å². The van der Waals surface area contributed by atoms with E-state index in [2.05, 4.69) is 4.72 Å². The van der Waals surface area contributed by atoms with E-state index in [0.29, 0.717) is 19.6 Å². The minimum Gasteiger partial charge on any atom is -0.202 e. The van der Waals surface area contributed by atoms with Crippen molar-refractivity contribution >= 4 is 10.2 Å². The number of hydrogen-bond donors (Lipinski definition) is 1. The Balaban J connectivity index is 2.41. The molecule has 74 valence electrons. The van der Waals surface area contributed by atoms with Crippen LogP contribution in [0.4, 0.5) is 0 Å². The SMILES string of the molecule is CCCNS(=O)(=O)N1CC(C#N)C1. The van der Waals surface area contributed by atoms with Crippen LogP contribution < -0.4 is 4.72 Å². The summed E-state index contributed by atoms with van der Waals surface area (Å²) in [5.74, 6) is -0.127. The Bertz CT molecular complexity index is 300. The van der Waals surface area contributed by atoms with Crippen LogP contribution in [0.1, 0.15) is 13.3 Å². The molecular weight excluding hydrogens is 190 g/mol. The summed E-state index contributed by atoms with van der Waals surface area (Å²) in [5.41, 5.74) is 0. The number of rotatable bonds is 4. The Morgan fingerprint density at radius 2 is 2.23 bits per heavy atom. The molecule has 1 N–H and O–H groups in total. The van der Waals surface area contributed by atoms with E-state index >= 15 is 0 Å². The molecule has 0 aromatic carbocycles. The van der Waals surface area contributed by atoms with Gasteiger partial charge in [-0.1, -0.05) is 6.92 Å². The van der Waals surface area contributed by atoms with Crippen molar-refractivity contribution in [2.75, 3.05) is 19.6 Å². The molecule has 1 fully saturated rings. The summed E-state index contributed by atoms with van der Waals surface area (Å²) in [6.07, 6.45) is 0.773. The molecule has 0 aromatic rings. The maximum absolute atomic E-state index is 11.3. The Morgan fingerprint density at radius 1 is 1.62 bits per heavy atom. The molecule has 0 unspecified atom stereocenters. The molecule has 0 amide bonds. The zero-order valence-corrected chi connectivity index (χ0v) is 8.34. The fourth-order valence-electron chi connectivity index (χ4n) is 1.04. The van der Waals surface area contributed by atoms with Gasteiger partial charge < -0.3 is 0 Å². The van der Waals surface area contributed by atoms with Gasteiger partial charge in [0.05, 0.1) is 12.0 Å². The van der Waals surface area contributed by atoms with Gasteiger partial charge in [0.25, 0.3) is 10.2 Å². The minimum atomic E-state index is -3.30. The van der Waals surface area contributed by atoms with Gasteiger partial charge in [0.15, 0.2) is 0 Å². The highest BCUT2D eigenvalue weighted by Gasteiger charge is 2.35. The molecule has 0 aromatic heterocycles. The molecule has 1 aliphatic rings. The van der Waals surface area contributed by atoms with Gasteiger partial charge in [0, 0.05) is 19.6 Å². The molecule has 1 heterocycles. The lowest BCUT2D eigenvalue weighted by Gasteiger charge is -2.33. The first kappa shape index (κ1) is 10.4. The second-order valence-corrected chi connectivity index (χ2v) is 4.80. The Labute approximate surface area is 78.5 Å². The molecule has 0 radical (unpaired) electrons. The summed E-state index contributed by atoms with van der Waals surface area (Å²) in [5, 5.41) is 8.45. The van der Waals surface area contributed by atoms with Crippen LogP contribution in [0, 0.1) is 17.2 Å². The van der Waals surface area contributed by atoms with E-state index in [0.717, 1.165) is 6.42 Å². The molecule has 0 bridgehead atoms. The molecule has 1 saturated heterocycles. The third-order valence-electron chi connectivity index (χ3n) is 1.90. The van der Waals surface area contributed by atoms with Crippen LogP contribution in [0.15, 0.2) is 0 Å². The fourth-order valence-corrected chi connectivity index (χ4v) is 2.44. The standard InChI is InChI=1S/C7H13N3O2S/c1-2-3-9-13(11,12)10-5-7(4-8)6-10/h7,9H,2-3,5-6H2,1H3. The van der Waals surface area contributed by atoms with Gasteiger partial charge in [-0.25, -0.2) is 4.72 Å². The lowest BCUT2D eigenvalue weighted by Crippen LogP contribution is -2.53. The van der Waals surface area contributed by atoms with E-state index in [-0.39, 0.29) is 5.92 Å². The molecule has 0 saturated carbocycles. The van der Waals surface area contributed by atoms with Crippen molar-refractivity contribution in [1.29, 1.82) is 5.26 Å². The maximum Gasteiger partial charge on any atom is 0.279 e. The fraction of sp³-hybridized carbons (Fsp3) is 0.857. The van der Waals surface area contributed by atoms with Gasteiger partial charge in [-0.15, -0.1) is 0 Å². The normalized spacial score (nSPS) is 19.4. The first-order valence-corrected chi connectivity index (χ1v) is 5.68. The van der Waals surface area contributed by atoms with Crippen molar-refractivity contribution in [3.05, 3.63) is 0 Å². The monoisotopic (exact) mass is 203 g/mol. The number of nitriles is 1. The van der Waals surface area contributed by atoms with Crippen LogP contribution >= 0.6 is 0 Å². The zero-order chi connectivity index (χ0) is 9.90. The van der Waals surface area contributed by atoms with Crippen LogP contribution in [0.25, 0.3) is 0 Å². The van der Waals surface area contributed by atoms with Crippen molar-refractivity contribution in [3.63, 3.8) is 0 Å². The summed E-state index contributed by atoms with van der Waals surface area (Å²) in [6.45, 7) is 3.01. The minimum absolute atomic E-state index is 0.127. The molecule has 1 aliphatic heterocycles. The molecule has 1 rings (SSSR count). The van der Waals surface area contributed by atoms with Crippen molar-refractivity contribution < 1.29 is 8.42 Å². The van der Waals surface area contributed by atoms with Gasteiger partial charge >= 0.3 is 0 Å². The lowest BCUT2D eigenvalue weighted by atomic mass is 10.1. The van der Waals surface area contributed by atoms with Crippen molar-refractivity contribution in [1.82, 2.24) is 9.03 Å². The smallest absolute Gasteiger partial charge is 0.202 e. The van der Waals surface area contributed by atoms with E-state index in [1.165, 1.54) is 4.31 Å². The summed E-state index contributed by atoms with van der Waals surface area (Å²) in [6, 6.07) is 2.03. The molecule has 0 atom stereocenters. The highest BCUT2D eigenvalue weighted by atomic mass is 32.2. The summed E-state index contributed by atoms with van der Waals surface area (Å²) in [7, 11) is -3.30. The third-order valence-corrected chi connectivity index (χ3v) is 3.45. The van der Waals surface area contributed by atoms with Gasteiger partial charge in [0.2, 0.25) is 0 Å². The van der Waals surface area contributed by atoms with Crippen LogP contribution in [0.3, 0.4) is 0 Å². The van der Waals surface area contributed by atoms with Crippen molar-refractivity contribution in [2.24, 2.45) is 5.92 Å². The summed E-state index contributed by atoms with van der Waals surface area (Å²) >= 11 is 0. The van der Waals surface area contributed by atoms with Crippen molar-refractivity contribution in [2.45, 2.75) is 13.3 Å². The van der Waals surface area contributed by atoms with E-state index in [1.54, 1.807) is 0 Å². The molecule has 0 aliphatic carbocycles. The lowest BCUT2D eigenvalue weighted by molar-refractivity contribution is 0.245. The highest BCUT2D eigenvalue weighted by molar-refractivity contribution is 7.87. The van der Waals surface area contributed by atoms with Gasteiger partial charge in [0.1, 0.15) is 0 Å². The maximum atomic E-state index is 11.3. The molecule has 0 spiro atoms. The summed E-state index contributed by atoms with van der Waals surface area (Å²) in [4.78, 5) is 0. The summed E-state index contributed by atoms with van der Waals surface area (Å²) < 4.78 is 26.4. The number of hydrogen-bond acceptors (Lipinski definition) is 3. The average molecular weight is 203 g/mol. The second kappa shape index (κ2) is 4.05. The average Bonchev–Trinajstić information content (AvgIpc) is 1.98. The van der Waals surface area contributed by atoms with Crippen molar-refractivity contribution in [3.8, 4) is 6.07 Å². The number of nitrogens with one attached hydrogen (secondary N) is 1. The van der Waals surface area contributed by atoms with Gasteiger partial charge in [-0.2, -0.15) is 18.0 Å². The predicted molar refractivity (Wildman–Crippen MR) is 47.9 cm³/mol. The second-order valence-electron chi connectivity index (χ2n) is 3.04. The van der Waals surface area contributed by atoms with Gasteiger partial charge in [-0.05, 0) is 6.42 Å². The van der Waals surface area contributed by atoms with E-state index < -0.39 is 10.2 Å².